The van der Waals surface area contributed by atoms with Gasteiger partial charge in [-0.3, -0.25) is 4.79 Å². The smallest absolute Gasteiger partial charge is 0.255 e. The van der Waals surface area contributed by atoms with Crippen LogP contribution in [0.25, 0.3) is 17.1 Å². The zero-order valence-electron chi connectivity index (χ0n) is 15.0. The number of nitrogens with one attached hydrogen (secondary N) is 2. The lowest BCUT2D eigenvalue weighted by molar-refractivity contribution is -0.113. The minimum Gasteiger partial charge on any atom is -0.488 e. The van der Waals surface area contributed by atoms with Crippen LogP contribution in [0.15, 0.2) is 42.0 Å². The molecule has 3 aromatic rings. The lowest BCUT2D eigenvalue weighted by Crippen LogP contribution is -2.21. The first-order valence-electron chi connectivity index (χ1n) is 9.21. The standard InChI is InChI=1S/C21H18ClN3O3/c22-14-3-6-18-12(9-14)8-13(11-28-18)21(26)23-15-4-5-16-17(10-15)25-20(24-16)19-2-1-7-27-19/h3-6,8-10,19H,1-2,7,11H2,(H,23,26)(H,24,25). The van der Waals surface area contributed by atoms with Crippen molar-refractivity contribution in [1.82, 2.24) is 9.97 Å². The number of imidazole rings is 1. The highest BCUT2D eigenvalue weighted by molar-refractivity contribution is 6.30. The Morgan fingerprint density at radius 2 is 2.18 bits per heavy atom. The van der Waals surface area contributed by atoms with Crippen LogP contribution in [0.4, 0.5) is 5.69 Å². The Labute approximate surface area is 166 Å². The number of ether oxygens (including phenoxy) is 2. The highest BCUT2D eigenvalue weighted by Gasteiger charge is 2.21. The van der Waals surface area contributed by atoms with Crippen molar-refractivity contribution >= 4 is 40.3 Å². The van der Waals surface area contributed by atoms with Gasteiger partial charge >= 0.3 is 0 Å². The number of carbonyl (C=O) groups is 1. The SMILES string of the molecule is O=C(Nc1ccc2nc(C3CCCO3)[nH]c2c1)C1=Cc2cc(Cl)ccc2OC1. The van der Waals surface area contributed by atoms with Gasteiger partial charge in [-0.2, -0.15) is 0 Å². The first-order valence-corrected chi connectivity index (χ1v) is 9.59. The van der Waals surface area contributed by atoms with Crippen LogP contribution >= 0.6 is 11.6 Å². The second-order valence-electron chi connectivity index (χ2n) is 6.95. The Balaban J connectivity index is 1.36. The molecule has 1 saturated heterocycles. The summed E-state index contributed by atoms with van der Waals surface area (Å²) in [5.74, 6) is 1.36. The molecular weight excluding hydrogens is 378 g/mol. The molecule has 2 aliphatic heterocycles. The van der Waals surface area contributed by atoms with E-state index in [1.54, 1.807) is 18.2 Å². The highest BCUT2D eigenvalue weighted by atomic mass is 35.5. The van der Waals surface area contributed by atoms with Crippen LogP contribution < -0.4 is 10.1 Å². The van der Waals surface area contributed by atoms with Gasteiger partial charge in [0.2, 0.25) is 0 Å². The number of aromatic nitrogens is 2. The van der Waals surface area contributed by atoms with Crippen molar-refractivity contribution in [3.8, 4) is 5.75 Å². The molecule has 1 amide bonds. The first-order chi connectivity index (χ1) is 13.7. The quantitative estimate of drug-likeness (QED) is 0.685. The van der Waals surface area contributed by atoms with E-state index in [1.807, 2.05) is 24.3 Å². The average molecular weight is 396 g/mol. The van der Waals surface area contributed by atoms with Gasteiger partial charge in [-0.05, 0) is 55.3 Å². The van der Waals surface area contributed by atoms with E-state index in [2.05, 4.69) is 15.3 Å². The highest BCUT2D eigenvalue weighted by Crippen LogP contribution is 2.30. The van der Waals surface area contributed by atoms with Crippen molar-refractivity contribution in [2.24, 2.45) is 0 Å². The second-order valence-corrected chi connectivity index (χ2v) is 7.39. The molecule has 0 spiro atoms. The Morgan fingerprint density at radius 1 is 1.25 bits per heavy atom. The van der Waals surface area contributed by atoms with Crippen LogP contribution in [-0.2, 0) is 9.53 Å². The molecule has 0 saturated carbocycles. The third-order valence-electron chi connectivity index (χ3n) is 4.97. The summed E-state index contributed by atoms with van der Waals surface area (Å²) in [7, 11) is 0. The fourth-order valence-corrected chi connectivity index (χ4v) is 3.72. The number of hydrogen-bond donors (Lipinski definition) is 2. The number of nitrogens with zero attached hydrogens (tertiary/aromatic N) is 1. The zero-order valence-corrected chi connectivity index (χ0v) is 15.8. The van der Waals surface area contributed by atoms with Gasteiger partial charge in [-0.25, -0.2) is 4.98 Å². The number of carbonyl (C=O) groups excluding carboxylic acids is 1. The molecule has 2 aromatic carbocycles. The molecule has 6 nitrogen and oxygen atoms in total. The monoisotopic (exact) mass is 395 g/mol. The van der Waals surface area contributed by atoms with Crippen LogP contribution in [0.3, 0.4) is 0 Å². The summed E-state index contributed by atoms with van der Waals surface area (Å²) in [4.78, 5) is 20.6. The predicted octanol–water partition coefficient (Wildman–Crippen LogP) is 4.48. The number of benzene rings is 2. The topological polar surface area (TPSA) is 76.2 Å². The zero-order chi connectivity index (χ0) is 19.1. The third-order valence-corrected chi connectivity index (χ3v) is 5.20. The molecule has 1 fully saturated rings. The number of fused-ring (bicyclic) bond motifs is 2. The largest absolute Gasteiger partial charge is 0.488 e. The van der Waals surface area contributed by atoms with E-state index in [0.717, 1.165) is 47.6 Å². The van der Waals surface area contributed by atoms with Gasteiger partial charge in [0.25, 0.3) is 5.91 Å². The van der Waals surface area contributed by atoms with Crippen molar-refractivity contribution in [1.29, 1.82) is 0 Å². The van der Waals surface area contributed by atoms with Gasteiger partial charge in [0.05, 0.1) is 16.6 Å². The molecule has 28 heavy (non-hydrogen) atoms. The van der Waals surface area contributed by atoms with Crippen LogP contribution in [-0.4, -0.2) is 29.1 Å². The third kappa shape index (κ3) is 3.25. The molecule has 1 atom stereocenters. The Bertz CT molecular complexity index is 1100. The Hall–Kier alpha value is -2.83. The van der Waals surface area contributed by atoms with E-state index in [9.17, 15) is 4.79 Å². The fourth-order valence-electron chi connectivity index (χ4n) is 3.54. The molecule has 2 N–H and O–H groups in total. The lowest BCUT2D eigenvalue weighted by Gasteiger charge is -2.17. The summed E-state index contributed by atoms with van der Waals surface area (Å²) in [6.45, 7) is 0.991. The minimum atomic E-state index is -0.205. The normalized spacial score (nSPS) is 18.5. The summed E-state index contributed by atoms with van der Waals surface area (Å²) in [6, 6.07) is 11.0. The minimum absolute atomic E-state index is 0.0295. The van der Waals surface area contributed by atoms with E-state index in [0.29, 0.717) is 16.3 Å². The number of hydrogen-bond acceptors (Lipinski definition) is 4. The summed E-state index contributed by atoms with van der Waals surface area (Å²) >= 11 is 6.03. The molecule has 3 heterocycles. The van der Waals surface area contributed by atoms with Gasteiger partial charge in [0.15, 0.2) is 0 Å². The van der Waals surface area contributed by atoms with Crippen molar-refractivity contribution < 1.29 is 14.3 Å². The molecule has 5 rings (SSSR count). The number of anilines is 1. The molecular formula is C21H18ClN3O3. The van der Waals surface area contributed by atoms with Gasteiger partial charge in [-0.1, -0.05) is 11.6 Å². The molecule has 7 heteroatoms. The van der Waals surface area contributed by atoms with E-state index in [1.165, 1.54) is 0 Å². The summed E-state index contributed by atoms with van der Waals surface area (Å²) in [6.07, 6.45) is 3.86. The van der Waals surface area contributed by atoms with E-state index in [4.69, 9.17) is 21.1 Å². The van der Waals surface area contributed by atoms with Crippen LogP contribution in [0, 0.1) is 0 Å². The average Bonchev–Trinajstić information content (AvgIpc) is 3.36. The number of H-pyrrole nitrogens is 1. The number of halogens is 1. The summed E-state index contributed by atoms with van der Waals surface area (Å²) < 4.78 is 11.3. The molecule has 1 aromatic heterocycles. The van der Waals surface area contributed by atoms with E-state index < -0.39 is 0 Å². The van der Waals surface area contributed by atoms with Crippen molar-refractivity contribution in [3.63, 3.8) is 0 Å². The number of amides is 1. The maximum Gasteiger partial charge on any atom is 0.255 e. The maximum absolute atomic E-state index is 12.7. The van der Waals surface area contributed by atoms with Crippen LogP contribution in [0.5, 0.6) is 5.75 Å². The van der Waals surface area contributed by atoms with Crippen molar-refractivity contribution in [3.05, 3.63) is 58.4 Å². The Morgan fingerprint density at radius 3 is 3.04 bits per heavy atom. The molecule has 1 unspecified atom stereocenters. The van der Waals surface area contributed by atoms with Crippen molar-refractivity contribution in [2.75, 3.05) is 18.5 Å². The Kier molecular flexibility index (Phi) is 4.30. The van der Waals surface area contributed by atoms with Gasteiger partial charge in [0, 0.05) is 22.9 Å². The molecule has 0 aliphatic carbocycles. The van der Waals surface area contributed by atoms with Gasteiger partial charge in [0.1, 0.15) is 24.3 Å². The van der Waals surface area contributed by atoms with Gasteiger partial charge < -0.3 is 19.8 Å². The number of rotatable bonds is 3. The lowest BCUT2D eigenvalue weighted by atomic mass is 10.1. The molecule has 2 aliphatic rings. The predicted molar refractivity (Wildman–Crippen MR) is 108 cm³/mol. The van der Waals surface area contributed by atoms with Crippen molar-refractivity contribution in [2.45, 2.75) is 18.9 Å². The van der Waals surface area contributed by atoms with Crippen LogP contribution in [0.2, 0.25) is 5.02 Å². The molecule has 142 valence electrons. The van der Waals surface area contributed by atoms with E-state index >= 15 is 0 Å². The van der Waals surface area contributed by atoms with Crippen LogP contribution in [0.1, 0.15) is 30.3 Å². The summed E-state index contributed by atoms with van der Waals surface area (Å²) in [5, 5.41) is 3.53. The van der Waals surface area contributed by atoms with E-state index in [-0.39, 0.29) is 18.6 Å². The fraction of sp³-hybridized carbons (Fsp3) is 0.238. The summed E-state index contributed by atoms with van der Waals surface area (Å²) in [5.41, 5.74) is 3.76. The number of aromatic amines is 1. The maximum atomic E-state index is 12.7. The van der Waals surface area contributed by atoms with Gasteiger partial charge in [-0.15, -0.1) is 0 Å². The second kappa shape index (κ2) is 6.96. The molecule has 0 radical (unpaired) electrons. The first kappa shape index (κ1) is 17.3. The molecule has 0 bridgehead atoms.